The normalized spacial score (nSPS) is 12.6. The fraction of sp³-hybridized carbons (Fsp3) is 0.901. The minimum atomic E-state index is -0.843. The van der Waals surface area contributed by atoms with Gasteiger partial charge in [0.15, 0.2) is 0 Å². The van der Waals surface area contributed by atoms with Gasteiger partial charge < -0.3 is 20.3 Å². The number of carbonyl (C=O) groups is 2. The third kappa shape index (κ3) is 73.0. The van der Waals surface area contributed by atoms with Crippen LogP contribution in [0.1, 0.15) is 444 Å². The largest absolute Gasteiger partial charge is 0.466 e. The molecule has 0 fully saturated rings. The predicted octanol–water partition coefficient (Wildman–Crippen LogP) is 26.2. The molecule has 87 heavy (non-hydrogen) atoms. The Bertz CT molecular complexity index is 1410. The monoisotopic (exact) mass is 1220 g/mol. The molecule has 3 N–H and O–H groups in total. The molecule has 0 radical (unpaired) electrons. The number of allylic oxidation sites excluding steroid dienone is 5. The Hall–Kier alpha value is -1.92. The summed E-state index contributed by atoms with van der Waals surface area (Å²) in [5, 5.41) is 23.3. The van der Waals surface area contributed by atoms with Crippen molar-refractivity contribution in [1.82, 2.24) is 5.32 Å². The summed E-state index contributed by atoms with van der Waals surface area (Å²) in [5.74, 6) is -0.0397. The Labute approximate surface area is 544 Å². The molecule has 0 rings (SSSR count). The lowest BCUT2D eigenvalue weighted by Gasteiger charge is -2.20. The molecule has 0 heterocycles. The first-order valence-corrected chi connectivity index (χ1v) is 39.8. The van der Waals surface area contributed by atoms with Crippen LogP contribution in [0.4, 0.5) is 0 Å². The molecule has 0 aliphatic heterocycles. The fourth-order valence-corrected chi connectivity index (χ4v) is 12.6. The van der Waals surface area contributed by atoms with E-state index in [2.05, 4.69) is 43.5 Å². The maximum Gasteiger partial charge on any atom is 0.305 e. The van der Waals surface area contributed by atoms with E-state index in [1.54, 1.807) is 6.08 Å². The number of hydrogen-bond acceptors (Lipinski definition) is 5. The maximum atomic E-state index is 12.5. The number of carbonyl (C=O) groups excluding carboxylic acids is 2. The molecule has 0 aliphatic rings. The third-order valence-electron chi connectivity index (χ3n) is 18.7. The van der Waals surface area contributed by atoms with Gasteiger partial charge in [0.25, 0.3) is 0 Å². The number of amides is 1. The molecule has 0 saturated carbocycles. The van der Waals surface area contributed by atoms with Gasteiger partial charge >= 0.3 is 5.97 Å². The number of unbranched alkanes of at least 4 members (excludes halogenated alkanes) is 60. The second-order valence-electron chi connectivity index (χ2n) is 27.4. The highest BCUT2D eigenvalue weighted by Crippen LogP contribution is 2.20. The van der Waals surface area contributed by atoms with E-state index in [0.29, 0.717) is 19.4 Å². The molecule has 0 saturated heterocycles. The Morgan fingerprint density at radius 1 is 0.322 bits per heavy atom. The quantitative estimate of drug-likeness (QED) is 0.0320. The number of aliphatic hydroxyl groups is 2. The summed E-state index contributed by atoms with van der Waals surface area (Å²) in [5.41, 5.74) is 0. The van der Waals surface area contributed by atoms with E-state index in [9.17, 15) is 19.8 Å². The first-order valence-electron chi connectivity index (χ1n) is 39.8. The lowest BCUT2D eigenvalue weighted by molar-refractivity contribution is -0.143. The molecule has 2 atom stereocenters. The number of nitrogens with one attached hydrogen (secondary N) is 1. The van der Waals surface area contributed by atoms with Gasteiger partial charge in [-0.2, -0.15) is 0 Å². The predicted molar refractivity (Wildman–Crippen MR) is 384 cm³/mol. The molecule has 2 unspecified atom stereocenters. The summed E-state index contributed by atoms with van der Waals surface area (Å²) in [7, 11) is 0. The van der Waals surface area contributed by atoms with Gasteiger partial charge in [-0.25, -0.2) is 0 Å². The van der Waals surface area contributed by atoms with Crippen LogP contribution in [0.5, 0.6) is 0 Å². The van der Waals surface area contributed by atoms with Crippen LogP contribution in [0.15, 0.2) is 36.5 Å². The molecule has 1 amide bonds. The van der Waals surface area contributed by atoms with Crippen molar-refractivity contribution < 1.29 is 24.5 Å². The van der Waals surface area contributed by atoms with Crippen LogP contribution in [0.2, 0.25) is 0 Å². The lowest BCUT2D eigenvalue weighted by atomic mass is 10.0. The van der Waals surface area contributed by atoms with Crippen molar-refractivity contribution in [1.29, 1.82) is 0 Å². The van der Waals surface area contributed by atoms with E-state index in [-0.39, 0.29) is 18.5 Å². The van der Waals surface area contributed by atoms with Gasteiger partial charge in [-0.3, -0.25) is 9.59 Å². The van der Waals surface area contributed by atoms with Gasteiger partial charge in [0.1, 0.15) is 0 Å². The van der Waals surface area contributed by atoms with Crippen LogP contribution in [0, 0.1) is 0 Å². The smallest absolute Gasteiger partial charge is 0.305 e. The van der Waals surface area contributed by atoms with E-state index in [4.69, 9.17) is 4.74 Å². The molecular weight excluding hydrogens is 1070 g/mol. The molecule has 6 heteroatoms. The topological polar surface area (TPSA) is 95.9 Å². The van der Waals surface area contributed by atoms with Gasteiger partial charge in [0.2, 0.25) is 5.91 Å². The van der Waals surface area contributed by atoms with Crippen molar-refractivity contribution in [2.24, 2.45) is 0 Å². The number of aliphatic hydroxyl groups excluding tert-OH is 2. The second-order valence-corrected chi connectivity index (χ2v) is 27.4. The molecule has 0 aliphatic carbocycles. The van der Waals surface area contributed by atoms with E-state index < -0.39 is 12.1 Å². The molecule has 0 spiro atoms. The number of ether oxygens (including phenoxy) is 1. The zero-order chi connectivity index (χ0) is 62.8. The average Bonchev–Trinajstić information content (AvgIpc) is 3.53. The van der Waals surface area contributed by atoms with Crippen molar-refractivity contribution >= 4 is 11.9 Å². The van der Waals surface area contributed by atoms with E-state index in [1.165, 1.54) is 372 Å². The van der Waals surface area contributed by atoms with Crippen molar-refractivity contribution in [3.8, 4) is 0 Å². The lowest BCUT2D eigenvalue weighted by Crippen LogP contribution is -2.45. The van der Waals surface area contributed by atoms with Gasteiger partial charge in [-0.05, 0) is 64.2 Å². The summed E-state index contributed by atoms with van der Waals surface area (Å²) in [6.45, 7) is 4.95. The summed E-state index contributed by atoms with van der Waals surface area (Å²) in [6, 6.07) is -0.627. The average molecular weight is 1220 g/mol. The third-order valence-corrected chi connectivity index (χ3v) is 18.7. The highest BCUT2D eigenvalue weighted by Gasteiger charge is 2.18. The molecule has 0 aromatic carbocycles. The molecule has 0 aromatic heterocycles. The highest BCUT2D eigenvalue weighted by atomic mass is 16.5. The van der Waals surface area contributed by atoms with Crippen LogP contribution in [-0.4, -0.2) is 47.4 Å². The number of esters is 1. The summed E-state index contributed by atoms with van der Waals surface area (Å²) >= 11 is 0. The Kier molecular flexibility index (Phi) is 74.8. The van der Waals surface area contributed by atoms with E-state index in [0.717, 1.165) is 44.9 Å². The first-order chi connectivity index (χ1) is 43.0. The van der Waals surface area contributed by atoms with Crippen molar-refractivity contribution in [2.45, 2.75) is 456 Å². The number of rotatable bonds is 75. The van der Waals surface area contributed by atoms with Crippen molar-refractivity contribution in [2.75, 3.05) is 13.2 Å². The van der Waals surface area contributed by atoms with Gasteiger partial charge in [-0.15, -0.1) is 0 Å². The summed E-state index contributed by atoms with van der Waals surface area (Å²) < 4.78 is 5.50. The number of hydrogen-bond donors (Lipinski definition) is 3. The molecule has 0 bridgehead atoms. The van der Waals surface area contributed by atoms with Crippen LogP contribution in [0.3, 0.4) is 0 Å². The molecule has 6 nitrogen and oxygen atoms in total. The van der Waals surface area contributed by atoms with Crippen LogP contribution >= 0.6 is 0 Å². The van der Waals surface area contributed by atoms with Crippen LogP contribution in [0.25, 0.3) is 0 Å². The maximum absolute atomic E-state index is 12.5. The van der Waals surface area contributed by atoms with Crippen molar-refractivity contribution in [3.63, 3.8) is 0 Å². The van der Waals surface area contributed by atoms with Gasteiger partial charge in [0, 0.05) is 12.8 Å². The molecule has 0 aromatic rings. The van der Waals surface area contributed by atoms with Crippen LogP contribution < -0.4 is 5.32 Å². The van der Waals surface area contributed by atoms with Gasteiger partial charge in [-0.1, -0.05) is 403 Å². The minimum absolute atomic E-state index is 0.0215. The Morgan fingerprint density at radius 3 is 0.874 bits per heavy atom. The van der Waals surface area contributed by atoms with Gasteiger partial charge in [0.05, 0.1) is 25.4 Å². The zero-order valence-electron chi connectivity index (χ0n) is 59.0. The van der Waals surface area contributed by atoms with E-state index >= 15 is 0 Å². The fourth-order valence-electron chi connectivity index (χ4n) is 12.6. The van der Waals surface area contributed by atoms with Crippen molar-refractivity contribution in [3.05, 3.63) is 36.5 Å². The Morgan fingerprint density at radius 2 is 0.575 bits per heavy atom. The molecular formula is C81H155NO5. The zero-order valence-corrected chi connectivity index (χ0v) is 59.0. The summed E-state index contributed by atoms with van der Waals surface area (Å²) in [4.78, 5) is 24.6. The highest BCUT2D eigenvalue weighted by molar-refractivity contribution is 5.76. The van der Waals surface area contributed by atoms with Crippen LogP contribution in [-0.2, 0) is 14.3 Å². The second kappa shape index (κ2) is 76.5. The SMILES string of the molecule is CCCCCCCCCCCCCCCCCCC/C=C/C(O)C(CO)NC(=O)CCCCCCCCCCCCCCCCCCC/C=C\C/C=C\CCCCCCCCCCCCCCCOC(=O)CCCCCCCCCCCCCCCC. The first kappa shape index (κ1) is 85.1. The minimum Gasteiger partial charge on any atom is -0.466 e. The Balaban J connectivity index is 3.37. The summed E-state index contributed by atoms with van der Waals surface area (Å²) in [6.07, 6.45) is 99.9. The standard InChI is InChI=1S/C81H155NO5/c1-3-5-7-9-11-13-15-17-19-20-40-43-46-49-53-57-61-65-69-73-79(84)78(77-83)82-80(85)74-70-66-62-58-54-50-47-44-41-38-36-34-32-30-28-26-24-22-21-23-25-27-29-31-33-35-37-39-42-45-48-52-56-60-64-68-72-76-87-81(86)75-71-67-63-59-55-51-18-16-14-12-10-8-6-4-2/h21,23,27,29,69,73,78-79,83-84H,3-20,22,24-26,28,30-68,70-72,74-77H2,1-2H3,(H,82,85)/b23-21-,29-27-,73-69+. The molecule has 514 valence electrons. The van der Waals surface area contributed by atoms with E-state index in [1.807, 2.05) is 6.08 Å².